The largest absolute Gasteiger partial charge is 0.481 e. The molecule has 4 rings (SSSR count). The lowest BCUT2D eigenvalue weighted by Crippen LogP contribution is -2.56. The van der Waals surface area contributed by atoms with Crippen LogP contribution >= 0.6 is 0 Å². The number of piperidine rings is 2. The first-order valence-electron chi connectivity index (χ1n) is 12.6. The smallest absolute Gasteiger partial charge is 0.434 e. The van der Waals surface area contributed by atoms with E-state index < -0.39 is 42.0 Å². The van der Waals surface area contributed by atoms with E-state index >= 15 is 0 Å². The average Bonchev–Trinajstić information content (AvgIpc) is 3.28. The first-order valence-corrected chi connectivity index (χ1v) is 12.6. The summed E-state index contributed by atoms with van der Waals surface area (Å²) in [7, 11) is 0. The highest BCUT2D eigenvalue weighted by molar-refractivity contribution is 5.99. The van der Waals surface area contributed by atoms with Gasteiger partial charge in [0.05, 0.1) is 11.5 Å². The van der Waals surface area contributed by atoms with Gasteiger partial charge in [-0.1, -0.05) is 0 Å². The van der Waals surface area contributed by atoms with E-state index in [4.69, 9.17) is 0 Å². The molecule has 0 radical (unpaired) electrons. The average molecular weight is 566 g/mol. The Hall–Kier alpha value is -3.26. The molecule has 1 N–H and O–H groups in total. The molecule has 0 atom stereocenters. The maximum Gasteiger partial charge on any atom is 0.434 e. The van der Waals surface area contributed by atoms with E-state index in [1.165, 1.54) is 6.20 Å². The summed E-state index contributed by atoms with van der Waals surface area (Å²) in [6.07, 6.45) is -13.7. The maximum atomic E-state index is 13.7. The minimum absolute atomic E-state index is 0.163. The fraction of sp³-hybridized carbons (Fsp3) is 0.667. The Morgan fingerprint density at radius 3 is 2.15 bits per heavy atom. The molecule has 1 spiro atoms. The molecule has 3 aliphatic rings. The van der Waals surface area contributed by atoms with Gasteiger partial charge in [-0.05, 0) is 50.7 Å². The summed E-state index contributed by atoms with van der Waals surface area (Å²) in [5.74, 6) is -1.22. The Morgan fingerprint density at radius 2 is 1.59 bits per heavy atom. The molecule has 15 heteroatoms. The number of pyridine rings is 1. The number of ether oxygens (including phenoxy) is 1. The van der Waals surface area contributed by atoms with Gasteiger partial charge in [0.25, 0.3) is 12.0 Å². The van der Waals surface area contributed by atoms with Gasteiger partial charge < -0.3 is 24.5 Å². The number of carbonyl (C=O) groups is 3. The monoisotopic (exact) mass is 566 g/mol. The van der Waals surface area contributed by atoms with Crippen molar-refractivity contribution in [3.05, 3.63) is 23.9 Å². The van der Waals surface area contributed by atoms with Gasteiger partial charge >= 0.3 is 24.4 Å². The van der Waals surface area contributed by atoms with E-state index in [0.717, 1.165) is 4.90 Å². The molecular formula is C24H28F6N4O5. The predicted octanol–water partition coefficient (Wildman–Crippen LogP) is 4.08. The molecule has 4 heterocycles. The topological polar surface area (TPSA) is 103 Å². The highest BCUT2D eigenvalue weighted by atomic mass is 19.4. The number of rotatable bonds is 4. The van der Waals surface area contributed by atoms with E-state index in [1.54, 1.807) is 17.0 Å². The van der Waals surface area contributed by atoms with Crippen LogP contribution in [0.3, 0.4) is 0 Å². The number of nitrogens with zero attached hydrogens (tertiary/aromatic N) is 4. The molecule has 3 aliphatic heterocycles. The number of aliphatic carboxylic acids is 1. The second-order valence-electron chi connectivity index (χ2n) is 10.1. The number of carbonyl (C=O) groups excluding carboxylic acids is 2. The molecule has 0 saturated carbocycles. The lowest BCUT2D eigenvalue weighted by molar-refractivity contribution is -0.308. The van der Waals surface area contributed by atoms with E-state index in [0.29, 0.717) is 56.7 Å². The van der Waals surface area contributed by atoms with Crippen LogP contribution in [-0.4, -0.2) is 94.6 Å². The van der Waals surface area contributed by atoms with Gasteiger partial charge in [0, 0.05) is 44.5 Å². The van der Waals surface area contributed by atoms with Crippen LogP contribution in [-0.2, 0) is 9.53 Å². The Labute approximate surface area is 219 Å². The second kappa shape index (κ2) is 10.7. The lowest BCUT2D eigenvalue weighted by atomic mass is 9.84. The number of carboxylic acids is 1. The van der Waals surface area contributed by atoms with Crippen molar-refractivity contribution < 1.29 is 50.6 Å². The Balaban J connectivity index is 1.44. The van der Waals surface area contributed by atoms with Crippen LogP contribution in [0.15, 0.2) is 18.3 Å². The number of anilines is 1. The quantitative estimate of drug-likeness (QED) is 0.548. The van der Waals surface area contributed by atoms with Crippen LogP contribution < -0.4 is 4.90 Å². The molecule has 2 amide bonds. The van der Waals surface area contributed by atoms with Crippen LogP contribution in [0, 0.1) is 5.92 Å². The molecule has 0 bridgehead atoms. The molecule has 1 aromatic heterocycles. The molecule has 9 nitrogen and oxygen atoms in total. The SMILES string of the molecule is O=C(O)C1CCN(c2ncccc2C(=O)N2CCCC23CCN(C(=O)OC(C(F)(F)F)C(F)(F)F)CC3)CC1. The molecule has 0 aromatic carbocycles. The number of amides is 2. The molecule has 1 aromatic rings. The number of likely N-dealkylation sites (tertiary alicyclic amines) is 2. The summed E-state index contributed by atoms with van der Waals surface area (Å²) in [6, 6.07) is 3.24. The minimum atomic E-state index is -5.80. The van der Waals surface area contributed by atoms with Crippen molar-refractivity contribution in [3.8, 4) is 0 Å². The number of carboxylic acid groups (broad SMARTS) is 1. The Morgan fingerprint density at radius 1 is 0.974 bits per heavy atom. The van der Waals surface area contributed by atoms with Gasteiger partial charge in [-0.25, -0.2) is 9.78 Å². The van der Waals surface area contributed by atoms with Crippen LogP contribution in [0.25, 0.3) is 0 Å². The highest BCUT2D eigenvalue weighted by Gasteiger charge is 2.60. The Kier molecular flexibility index (Phi) is 7.90. The van der Waals surface area contributed by atoms with Gasteiger partial charge in [-0.2, -0.15) is 26.3 Å². The summed E-state index contributed by atoms with van der Waals surface area (Å²) in [4.78, 5) is 46.0. The summed E-state index contributed by atoms with van der Waals surface area (Å²) >= 11 is 0. The molecular weight excluding hydrogens is 538 g/mol. The van der Waals surface area contributed by atoms with Crippen molar-refractivity contribution in [1.29, 1.82) is 0 Å². The third kappa shape index (κ3) is 6.01. The number of hydrogen-bond donors (Lipinski definition) is 1. The predicted molar refractivity (Wildman–Crippen MR) is 123 cm³/mol. The molecule has 3 fully saturated rings. The summed E-state index contributed by atoms with van der Waals surface area (Å²) < 4.78 is 80.7. The first kappa shape index (κ1) is 28.7. The first-order chi connectivity index (χ1) is 18.2. The normalized spacial score (nSPS) is 20.5. The highest BCUT2D eigenvalue weighted by Crippen LogP contribution is 2.41. The summed E-state index contributed by atoms with van der Waals surface area (Å²) in [5.41, 5.74) is -0.391. The van der Waals surface area contributed by atoms with Gasteiger partial charge in [-0.3, -0.25) is 9.59 Å². The maximum absolute atomic E-state index is 13.7. The number of halogens is 6. The lowest BCUT2D eigenvalue weighted by Gasteiger charge is -2.45. The fourth-order valence-electron chi connectivity index (χ4n) is 5.67. The zero-order valence-electron chi connectivity index (χ0n) is 20.8. The fourth-order valence-corrected chi connectivity index (χ4v) is 5.67. The van der Waals surface area contributed by atoms with Crippen molar-refractivity contribution in [2.24, 2.45) is 5.92 Å². The summed E-state index contributed by atoms with van der Waals surface area (Å²) in [6.45, 7) is 0.866. The molecule has 216 valence electrons. The van der Waals surface area contributed by atoms with Crippen LogP contribution in [0.5, 0.6) is 0 Å². The van der Waals surface area contributed by atoms with Gasteiger partial charge in [0.1, 0.15) is 5.82 Å². The zero-order valence-corrected chi connectivity index (χ0v) is 20.8. The van der Waals surface area contributed by atoms with Gasteiger partial charge in [-0.15, -0.1) is 0 Å². The summed E-state index contributed by atoms with van der Waals surface area (Å²) in [5, 5.41) is 9.26. The van der Waals surface area contributed by atoms with E-state index in [9.17, 15) is 45.8 Å². The minimum Gasteiger partial charge on any atom is -0.481 e. The van der Waals surface area contributed by atoms with Crippen molar-refractivity contribution in [1.82, 2.24) is 14.8 Å². The van der Waals surface area contributed by atoms with Gasteiger partial charge in [0.15, 0.2) is 0 Å². The molecule has 0 aliphatic carbocycles. The Bertz CT molecular complexity index is 1070. The van der Waals surface area contributed by atoms with Gasteiger partial charge in [0.2, 0.25) is 0 Å². The van der Waals surface area contributed by atoms with Crippen LogP contribution in [0.2, 0.25) is 0 Å². The molecule has 39 heavy (non-hydrogen) atoms. The number of alkyl halides is 6. The molecule has 0 unspecified atom stereocenters. The molecule has 3 saturated heterocycles. The third-order valence-corrected chi connectivity index (χ3v) is 7.77. The number of hydrogen-bond acceptors (Lipinski definition) is 6. The van der Waals surface area contributed by atoms with Crippen molar-refractivity contribution >= 4 is 23.8 Å². The van der Waals surface area contributed by atoms with Crippen molar-refractivity contribution in [2.75, 3.05) is 37.6 Å². The van der Waals surface area contributed by atoms with Crippen LogP contribution in [0.4, 0.5) is 37.0 Å². The van der Waals surface area contributed by atoms with Crippen LogP contribution in [0.1, 0.15) is 48.9 Å². The van der Waals surface area contributed by atoms with E-state index in [2.05, 4.69) is 9.72 Å². The second-order valence-corrected chi connectivity index (χ2v) is 10.1. The van der Waals surface area contributed by atoms with E-state index in [1.807, 2.05) is 4.90 Å². The third-order valence-electron chi connectivity index (χ3n) is 7.77. The zero-order chi connectivity index (χ0) is 28.6. The van der Waals surface area contributed by atoms with E-state index in [-0.39, 0.29) is 31.8 Å². The standard InChI is InChI=1S/C24H28F6N4O5/c25-23(26,27)20(24(28,29)30)39-21(38)33-13-7-22(8-14-33)6-2-10-34(22)18(35)16-3-1-9-31-17(16)32-11-4-15(5-12-32)19(36)37/h1,3,9,15,20H,2,4-8,10-14H2,(H,36,37). The van der Waals surface area contributed by atoms with Crippen molar-refractivity contribution in [3.63, 3.8) is 0 Å². The van der Waals surface area contributed by atoms with Crippen molar-refractivity contribution in [2.45, 2.75) is 62.5 Å². The number of aromatic nitrogens is 1.